The van der Waals surface area contributed by atoms with Crippen molar-refractivity contribution in [3.8, 4) is 0 Å². The van der Waals surface area contributed by atoms with E-state index in [0.717, 1.165) is 12.0 Å². The van der Waals surface area contributed by atoms with Crippen molar-refractivity contribution in [1.82, 2.24) is 5.32 Å². The first-order valence-electron chi connectivity index (χ1n) is 3.04. The molecule has 0 aliphatic heterocycles. The number of hydrogen-bond donors (Lipinski definition) is 1. The number of likely N-dealkylation sites (N-methyl/N-ethyl adjacent to an activating group) is 1. The molecule has 12 heavy (non-hydrogen) atoms. The molecule has 3 nitrogen and oxygen atoms in total. The van der Waals surface area contributed by atoms with Crippen LogP contribution in [0, 0.1) is 31.1 Å². The Balaban J connectivity index is -0.000000142. The van der Waals surface area contributed by atoms with E-state index in [1.807, 2.05) is 26.1 Å². The fourth-order valence-electron chi connectivity index (χ4n) is 0.285. The predicted molar refractivity (Wildman–Crippen MR) is 47.9 cm³/mol. The van der Waals surface area contributed by atoms with Crippen molar-refractivity contribution in [2.45, 2.75) is 6.92 Å². The van der Waals surface area contributed by atoms with E-state index >= 15 is 0 Å². The number of nitrogens with one attached hydrogen (secondary N) is 1. The van der Waals surface area contributed by atoms with Gasteiger partial charge in [-0.1, -0.05) is 23.7 Å². The van der Waals surface area contributed by atoms with Gasteiger partial charge in [-0.2, -0.15) is 0 Å². The van der Waals surface area contributed by atoms with Gasteiger partial charge in [0.1, 0.15) is 0 Å². The summed E-state index contributed by atoms with van der Waals surface area (Å²) in [6, 6.07) is 0. The monoisotopic (exact) mass is 414 g/mol. The van der Waals surface area contributed by atoms with E-state index in [9.17, 15) is 0 Å². The fourth-order valence-corrected chi connectivity index (χ4v) is 0.285. The van der Waals surface area contributed by atoms with Gasteiger partial charge in [0.25, 0.3) is 0 Å². The van der Waals surface area contributed by atoms with Gasteiger partial charge in [-0.3, -0.25) is 4.21 Å². The van der Waals surface area contributed by atoms with Gasteiger partial charge < -0.3 is 9.87 Å². The third-order valence-electron chi connectivity index (χ3n) is 0.689. The van der Waals surface area contributed by atoms with Crippen LogP contribution in [0.15, 0.2) is 24.4 Å². The van der Waals surface area contributed by atoms with E-state index in [4.69, 9.17) is 8.76 Å². The van der Waals surface area contributed by atoms with Crippen LogP contribution in [0.2, 0.25) is 0 Å². The summed E-state index contributed by atoms with van der Waals surface area (Å²) in [4.78, 5) is 0. The summed E-state index contributed by atoms with van der Waals surface area (Å²) >= 11 is -1.86. The maximum atomic E-state index is 9.00. The maximum Gasteiger partial charge on any atom is 0.0261 e. The summed E-state index contributed by atoms with van der Waals surface area (Å²) in [6.45, 7) is 5.63. The molecule has 5 heteroatoms. The van der Waals surface area contributed by atoms with Crippen molar-refractivity contribution in [2.75, 3.05) is 13.3 Å². The van der Waals surface area contributed by atoms with E-state index in [-0.39, 0.29) is 31.1 Å². The zero-order chi connectivity index (χ0) is 9.28. The molecule has 1 atom stereocenters. The summed E-state index contributed by atoms with van der Waals surface area (Å²) in [6.07, 6.45) is 4.94. The van der Waals surface area contributed by atoms with E-state index in [1.165, 1.54) is 0 Å². The van der Waals surface area contributed by atoms with Crippen LogP contribution in [0.5, 0.6) is 0 Å². The summed E-state index contributed by atoms with van der Waals surface area (Å²) in [7, 11) is 1.85. The molecule has 1 unspecified atom stereocenters. The Bertz CT molecular complexity index is 155. The van der Waals surface area contributed by atoms with Gasteiger partial charge in [-0.25, -0.2) is 0 Å². The average Bonchev–Trinajstić information content (AvgIpc) is 1.87. The van der Waals surface area contributed by atoms with Crippen molar-refractivity contribution < 1.29 is 39.9 Å². The molecule has 0 heterocycles. The number of rotatable bonds is 2. The van der Waals surface area contributed by atoms with Crippen molar-refractivity contribution in [1.29, 1.82) is 0 Å². The Hall–Kier alpha value is 0.442. The first-order valence-corrected chi connectivity index (χ1v) is 4.53. The zero-order valence-electron chi connectivity index (χ0n) is 7.59. The van der Waals surface area contributed by atoms with Gasteiger partial charge in [0.15, 0.2) is 0 Å². The van der Waals surface area contributed by atoms with E-state index in [0.29, 0.717) is 0 Å². The molecule has 0 aromatic rings. The van der Waals surface area contributed by atoms with Crippen LogP contribution in [-0.2, 0) is 11.1 Å². The smallest absolute Gasteiger partial charge is 0.0261 e. The Kier molecular flexibility index (Phi) is 21.3. The van der Waals surface area contributed by atoms with Gasteiger partial charge in [-0.15, -0.1) is 0 Å². The van der Waals surface area contributed by atoms with Gasteiger partial charge in [0.2, 0.25) is 0 Å². The topological polar surface area (TPSA) is 52.2 Å². The van der Waals surface area contributed by atoms with Gasteiger partial charge >= 0.3 is 0 Å². The summed E-state index contributed by atoms with van der Waals surface area (Å²) < 4.78 is 18.0. The Morgan fingerprint density at radius 2 is 2.00 bits per heavy atom. The maximum absolute atomic E-state index is 9.00. The van der Waals surface area contributed by atoms with Crippen molar-refractivity contribution in [3.63, 3.8) is 0 Å². The molecule has 0 aromatic heterocycles. The van der Waals surface area contributed by atoms with E-state index in [1.54, 1.807) is 0 Å². The predicted octanol–water partition coefficient (Wildman–Crippen LogP) is 0.791. The molecule has 0 saturated carbocycles. The van der Waals surface area contributed by atoms with Gasteiger partial charge in [-0.05, 0) is 19.3 Å². The Labute approximate surface area is 100 Å². The molecule has 0 aromatic carbocycles. The second kappa shape index (κ2) is 14.0. The summed E-state index contributed by atoms with van der Waals surface area (Å²) in [5.41, 5.74) is 0.947. The zero-order valence-corrected chi connectivity index (χ0v) is 12.6. The molecule has 0 radical (unpaired) electrons. The first kappa shape index (κ1) is 18.3. The quantitative estimate of drug-likeness (QED) is 0.537. The molecule has 0 aliphatic rings. The van der Waals surface area contributed by atoms with Crippen LogP contribution < -0.4 is 5.32 Å². The van der Waals surface area contributed by atoms with Crippen molar-refractivity contribution in [3.05, 3.63) is 24.4 Å². The molecule has 0 spiro atoms. The minimum atomic E-state index is -1.86. The van der Waals surface area contributed by atoms with Gasteiger partial charge in [0, 0.05) is 43.9 Å². The molecule has 70 valence electrons. The largest absolute Gasteiger partial charge is 0.773 e. The van der Waals surface area contributed by atoms with Crippen LogP contribution in [0.25, 0.3) is 0 Å². The normalized spacial score (nSPS) is 10.7. The average molecular weight is 414 g/mol. The molecule has 0 fully saturated rings. The fraction of sp³-hybridized carbons (Fsp3) is 0.429. The van der Waals surface area contributed by atoms with Crippen LogP contribution in [0.1, 0.15) is 6.92 Å². The molecule has 0 aliphatic carbocycles. The Morgan fingerprint density at radius 1 is 1.67 bits per heavy atom. The van der Waals surface area contributed by atoms with Crippen LogP contribution in [0.4, 0.5) is 0 Å². The van der Waals surface area contributed by atoms with Crippen molar-refractivity contribution >= 4 is 11.1 Å². The number of allylic oxidation sites excluding steroid dienone is 2. The van der Waals surface area contributed by atoms with E-state index < -0.39 is 11.1 Å². The molecule has 0 amide bonds. The summed E-state index contributed by atoms with van der Waals surface area (Å²) in [5.74, 6) is 0. The third-order valence-corrected chi connectivity index (χ3v) is 0.689. The Morgan fingerprint density at radius 3 is 2.08 bits per heavy atom. The minimum absolute atomic E-state index is 0. The standard InChI is InChI=1S/C6H11N.CH4O2S.U/c1-4-5-6(2)7-3;1-4(2)3;/h4-5,7H,2H2,1,3H3;1H3,(H,2,3);/p-1/b5-4-;;. The molecular weight excluding hydrogens is 400 g/mol. The number of hydrogen-bond acceptors (Lipinski definition) is 3. The second-order valence-corrected chi connectivity index (χ2v) is 2.48. The molecule has 0 bridgehead atoms. The second-order valence-electron chi connectivity index (χ2n) is 1.68. The minimum Gasteiger partial charge on any atom is -0.773 e. The SMILES string of the molecule is C=C(/C=C\C)NC.CS(=O)[O-].[U]. The molecule has 0 rings (SSSR count). The van der Waals surface area contributed by atoms with Crippen molar-refractivity contribution in [2.24, 2.45) is 0 Å². The van der Waals surface area contributed by atoms with Gasteiger partial charge in [0.05, 0.1) is 0 Å². The van der Waals surface area contributed by atoms with Crippen LogP contribution in [0.3, 0.4) is 0 Å². The third kappa shape index (κ3) is 31.4. The molecule has 0 saturated heterocycles. The molecule has 1 N–H and O–H groups in total. The first-order chi connectivity index (χ1) is 5.04. The van der Waals surface area contributed by atoms with Crippen LogP contribution >= 0.6 is 0 Å². The van der Waals surface area contributed by atoms with Crippen LogP contribution in [-0.4, -0.2) is 22.1 Å². The summed E-state index contributed by atoms with van der Waals surface area (Å²) in [5, 5.41) is 2.88. The molecular formula is C7H14NO2SU-. The van der Waals surface area contributed by atoms with E-state index in [2.05, 4.69) is 11.9 Å².